The van der Waals surface area contributed by atoms with Gasteiger partial charge in [0.1, 0.15) is 5.76 Å². The molecule has 0 aromatic heterocycles. The zero-order valence-corrected chi connectivity index (χ0v) is 11.6. The second-order valence-corrected chi connectivity index (χ2v) is 4.69. The van der Waals surface area contributed by atoms with Crippen molar-refractivity contribution in [1.29, 1.82) is 0 Å². The zero-order valence-electron chi connectivity index (χ0n) is 11.6. The summed E-state index contributed by atoms with van der Waals surface area (Å²) in [6, 6.07) is 0. The first-order valence-electron chi connectivity index (χ1n) is 6.09. The minimum absolute atomic E-state index is 0.466. The molecule has 0 aliphatic carbocycles. The molecule has 0 aromatic carbocycles. The van der Waals surface area contributed by atoms with Crippen LogP contribution in [0, 0.1) is 0 Å². The molecule has 2 N–H and O–H groups in total. The Bertz CT molecular complexity index is 426. The van der Waals surface area contributed by atoms with Gasteiger partial charge in [-0.25, -0.2) is 9.59 Å². The average Bonchev–Trinajstić information content (AvgIpc) is 2.23. The number of cyclic esters (lactones) is 2. The van der Waals surface area contributed by atoms with E-state index in [1.54, 1.807) is 6.92 Å². The number of nitrogens with one attached hydrogen (secondary N) is 1. The van der Waals surface area contributed by atoms with E-state index in [4.69, 9.17) is 9.47 Å². The molecule has 6 heteroatoms. The predicted octanol–water partition coefficient (Wildman–Crippen LogP) is 1.54. The fourth-order valence-corrected chi connectivity index (χ4v) is 1.51. The van der Waals surface area contributed by atoms with Crippen molar-refractivity contribution in [3.05, 3.63) is 23.1 Å². The molecular weight excluding hydrogens is 250 g/mol. The highest BCUT2D eigenvalue weighted by Crippen LogP contribution is 2.24. The first-order valence-corrected chi connectivity index (χ1v) is 6.09. The minimum Gasteiger partial charge on any atom is -0.507 e. The van der Waals surface area contributed by atoms with Gasteiger partial charge in [0.2, 0.25) is 0 Å². The van der Waals surface area contributed by atoms with Crippen LogP contribution in [0.1, 0.15) is 34.1 Å². The van der Waals surface area contributed by atoms with Crippen LogP contribution in [0.2, 0.25) is 0 Å². The molecule has 0 amide bonds. The summed E-state index contributed by atoms with van der Waals surface area (Å²) in [5, 5.41) is 12.8. The molecule has 0 radical (unpaired) electrons. The van der Waals surface area contributed by atoms with Crippen LogP contribution in [0.25, 0.3) is 0 Å². The maximum atomic E-state index is 11.7. The molecule has 0 spiro atoms. The molecule has 1 heterocycles. The number of esters is 2. The molecule has 1 aliphatic heterocycles. The highest BCUT2D eigenvalue weighted by molar-refractivity contribution is 6.16. The van der Waals surface area contributed by atoms with Crippen LogP contribution in [-0.2, 0) is 19.1 Å². The van der Waals surface area contributed by atoms with Crippen LogP contribution in [-0.4, -0.2) is 29.4 Å². The Labute approximate surface area is 112 Å². The van der Waals surface area contributed by atoms with Crippen molar-refractivity contribution < 1.29 is 24.2 Å². The van der Waals surface area contributed by atoms with Gasteiger partial charge < -0.3 is 19.9 Å². The van der Waals surface area contributed by atoms with Gasteiger partial charge in [0.05, 0.1) is 0 Å². The monoisotopic (exact) mass is 269 g/mol. The Kier molecular flexibility index (Phi) is 4.58. The number of aliphatic hydroxyl groups excluding tert-OH is 1. The molecule has 1 fully saturated rings. The van der Waals surface area contributed by atoms with Gasteiger partial charge in [-0.2, -0.15) is 0 Å². The minimum atomic E-state index is -1.31. The first-order chi connectivity index (χ1) is 8.76. The predicted molar refractivity (Wildman–Crippen MR) is 68.0 cm³/mol. The van der Waals surface area contributed by atoms with E-state index in [1.807, 2.05) is 6.92 Å². The number of hydrogen-bond acceptors (Lipinski definition) is 6. The fourth-order valence-electron chi connectivity index (χ4n) is 1.51. The van der Waals surface area contributed by atoms with Gasteiger partial charge >= 0.3 is 11.9 Å². The third kappa shape index (κ3) is 4.01. The molecule has 6 nitrogen and oxygen atoms in total. The van der Waals surface area contributed by atoms with Gasteiger partial charge in [-0.15, -0.1) is 0 Å². The average molecular weight is 269 g/mol. The summed E-state index contributed by atoms with van der Waals surface area (Å²) in [5.74, 6) is -3.56. The van der Waals surface area contributed by atoms with Crippen LogP contribution in [0.3, 0.4) is 0 Å². The van der Waals surface area contributed by atoms with Crippen LogP contribution in [0.5, 0.6) is 0 Å². The lowest BCUT2D eigenvalue weighted by Crippen LogP contribution is -2.42. The number of rotatable bonds is 4. The number of carbonyl (C=O) groups excluding carboxylic acids is 2. The first kappa shape index (κ1) is 15.1. The summed E-state index contributed by atoms with van der Waals surface area (Å²) in [4.78, 5) is 23.3. The molecule has 0 bridgehead atoms. The second-order valence-electron chi connectivity index (χ2n) is 4.69. The van der Waals surface area contributed by atoms with Crippen LogP contribution in [0.4, 0.5) is 0 Å². The topological polar surface area (TPSA) is 84.9 Å². The number of hydrogen-bond donors (Lipinski definition) is 2. The zero-order chi connectivity index (χ0) is 14.6. The lowest BCUT2D eigenvalue weighted by atomic mass is 10.1. The Morgan fingerprint density at radius 1 is 1.32 bits per heavy atom. The van der Waals surface area contributed by atoms with E-state index < -0.39 is 29.1 Å². The van der Waals surface area contributed by atoms with Crippen LogP contribution < -0.4 is 5.32 Å². The lowest BCUT2D eigenvalue weighted by Gasteiger charge is -2.29. The highest BCUT2D eigenvalue weighted by atomic mass is 16.7. The summed E-state index contributed by atoms with van der Waals surface area (Å²) < 4.78 is 9.78. The van der Waals surface area contributed by atoms with E-state index in [9.17, 15) is 14.7 Å². The third-order valence-electron chi connectivity index (χ3n) is 2.35. The normalized spacial score (nSPS) is 18.7. The molecule has 0 saturated carbocycles. The number of carbonyl (C=O) groups is 2. The second kappa shape index (κ2) is 5.77. The SMILES string of the molecule is CCCN/C(C)=C\C(O)=C1C(=O)OC(C)(C)OC1=O. The Morgan fingerprint density at radius 3 is 2.32 bits per heavy atom. The van der Waals surface area contributed by atoms with Crippen molar-refractivity contribution in [2.75, 3.05) is 6.54 Å². The van der Waals surface area contributed by atoms with Gasteiger partial charge in [0.15, 0.2) is 5.57 Å². The van der Waals surface area contributed by atoms with Crippen molar-refractivity contribution in [3.8, 4) is 0 Å². The maximum Gasteiger partial charge on any atom is 0.352 e. The summed E-state index contributed by atoms with van der Waals surface area (Å²) in [5.41, 5.74) is 0.147. The molecule has 0 aromatic rings. The van der Waals surface area contributed by atoms with E-state index in [2.05, 4.69) is 5.32 Å². The van der Waals surface area contributed by atoms with Crippen molar-refractivity contribution in [2.24, 2.45) is 0 Å². The summed E-state index contributed by atoms with van der Waals surface area (Å²) in [6.07, 6.45) is 2.21. The van der Waals surface area contributed by atoms with Gasteiger partial charge in [0, 0.05) is 26.1 Å². The van der Waals surface area contributed by atoms with Crippen molar-refractivity contribution >= 4 is 11.9 Å². The van der Waals surface area contributed by atoms with Gasteiger partial charge in [-0.05, 0) is 19.4 Å². The van der Waals surface area contributed by atoms with E-state index in [0.29, 0.717) is 5.70 Å². The lowest BCUT2D eigenvalue weighted by molar-refractivity contribution is -0.222. The summed E-state index contributed by atoms with van der Waals surface area (Å²) >= 11 is 0. The molecule has 19 heavy (non-hydrogen) atoms. The molecule has 106 valence electrons. The summed E-state index contributed by atoms with van der Waals surface area (Å²) in [6.45, 7) is 7.33. The maximum absolute atomic E-state index is 11.7. The van der Waals surface area contributed by atoms with E-state index >= 15 is 0 Å². The molecule has 0 atom stereocenters. The largest absolute Gasteiger partial charge is 0.507 e. The van der Waals surface area contributed by atoms with E-state index in [-0.39, 0.29) is 0 Å². The Hall–Kier alpha value is -1.98. The number of aliphatic hydroxyl groups is 1. The van der Waals surface area contributed by atoms with E-state index in [1.165, 1.54) is 19.9 Å². The van der Waals surface area contributed by atoms with Gasteiger partial charge in [0.25, 0.3) is 5.79 Å². The fraction of sp³-hybridized carbons (Fsp3) is 0.538. The van der Waals surface area contributed by atoms with Gasteiger partial charge in [-0.3, -0.25) is 0 Å². The Balaban J connectivity index is 2.96. The van der Waals surface area contributed by atoms with Crippen LogP contribution in [0.15, 0.2) is 23.1 Å². The third-order valence-corrected chi connectivity index (χ3v) is 2.35. The van der Waals surface area contributed by atoms with Gasteiger partial charge in [-0.1, -0.05) is 6.92 Å². The standard InChI is InChI=1S/C13H19NO5/c1-5-6-14-8(2)7-9(15)10-11(16)18-13(3,4)19-12(10)17/h7,14-15H,5-6H2,1-4H3/b8-7-. The molecule has 1 rings (SSSR count). The van der Waals surface area contributed by atoms with Crippen molar-refractivity contribution in [3.63, 3.8) is 0 Å². The highest BCUT2D eigenvalue weighted by Gasteiger charge is 2.40. The van der Waals surface area contributed by atoms with E-state index in [0.717, 1.165) is 13.0 Å². The number of ether oxygens (including phenoxy) is 2. The summed E-state index contributed by atoms with van der Waals surface area (Å²) in [7, 11) is 0. The Morgan fingerprint density at radius 2 is 1.84 bits per heavy atom. The smallest absolute Gasteiger partial charge is 0.352 e. The quantitative estimate of drug-likeness (QED) is 0.348. The molecule has 0 unspecified atom stereocenters. The van der Waals surface area contributed by atoms with Crippen molar-refractivity contribution in [2.45, 2.75) is 39.9 Å². The number of allylic oxidation sites excluding steroid dienone is 2. The van der Waals surface area contributed by atoms with Crippen LogP contribution >= 0.6 is 0 Å². The molecule has 1 saturated heterocycles. The molecule has 1 aliphatic rings. The van der Waals surface area contributed by atoms with Crippen molar-refractivity contribution in [1.82, 2.24) is 5.32 Å². The molecular formula is C13H19NO5.